The number of nitriles is 1. The third kappa shape index (κ3) is 2.77. The van der Waals surface area contributed by atoms with Crippen LogP contribution < -0.4 is 5.19 Å². The van der Waals surface area contributed by atoms with Crippen molar-refractivity contribution in [2.24, 2.45) is 0 Å². The maximum absolute atomic E-state index is 9.22. The topological polar surface area (TPSA) is 33.0 Å². The Kier molecular flexibility index (Phi) is 4.35. The van der Waals surface area contributed by atoms with E-state index >= 15 is 0 Å². The van der Waals surface area contributed by atoms with E-state index in [9.17, 15) is 5.26 Å². The fraction of sp³-hybridized carbons (Fsp3) is 0.500. The molecule has 2 rings (SSSR count). The fourth-order valence-electron chi connectivity index (χ4n) is 2.30. The second-order valence-electron chi connectivity index (χ2n) is 4.41. The Bertz CT molecular complexity index is 407. The van der Waals surface area contributed by atoms with E-state index in [2.05, 4.69) is 31.2 Å². The highest BCUT2D eigenvalue weighted by molar-refractivity contribution is 6.68. The Morgan fingerprint density at radius 1 is 1.41 bits per heavy atom. The number of benzene rings is 1. The highest BCUT2D eigenvalue weighted by atomic mass is 28.3. The zero-order chi connectivity index (χ0) is 12.1. The van der Waals surface area contributed by atoms with Gasteiger partial charge >= 0.3 is 0 Å². The summed E-state index contributed by atoms with van der Waals surface area (Å²) in [4.78, 5) is 0. The lowest BCUT2D eigenvalue weighted by molar-refractivity contribution is 0.294. The lowest BCUT2D eigenvalue weighted by atomic mass is 9.98. The smallest absolute Gasteiger partial charge is 0.247 e. The zero-order valence-electron chi connectivity index (χ0n) is 10.3. The summed E-state index contributed by atoms with van der Waals surface area (Å²) >= 11 is 0. The molecule has 0 saturated carbocycles. The first-order valence-corrected chi connectivity index (χ1v) is 7.96. The van der Waals surface area contributed by atoms with Crippen molar-refractivity contribution < 1.29 is 4.43 Å². The minimum atomic E-state index is -0.871. The van der Waals surface area contributed by atoms with Gasteiger partial charge in [0.15, 0.2) is 0 Å². The summed E-state index contributed by atoms with van der Waals surface area (Å²) in [6.07, 6.45) is 3.33. The van der Waals surface area contributed by atoms with Crippen LogP contribution in [0.15, 0.2) is 24.3 Å². The van der Waals surface area contributed by atoms with Gasteiger partial charge in [0, 0.05) is 6.61 Å². The third-order valence-electron chi connectivity index (χ3n) is 3.28. The molecule has 0 amide bonds. The lowest BCUT2D eigenvalue weighted by Crippen LogP contribution is -2.39. The first kappa shape index (κ1) is 12.3. The van der Waals surface area contributed by atoms with Gasteiger partial charge < -0.3 is 4.43 Å². The lowest BCUT2D eigenvalue weighted by Gasteiger charge is -2.23. The van der Waals surface area contributed by atoms with Crippen molar-refractivity contribution in [3.05, 3.63) is 29.8 Å². The van der Waals surface area contributed by atoms with Gasteiger partial charge in [0.05, 0.1) is 12.0 Å². The van der Waals surface area contributed by atoms with Crippen LogP contribution in [-0.2, 0) is 4.43 Å². The van der Waals surface area contributed by atoms with E-state index in [0.717, 1.165) is 13.0 Å². The molecule has 17 heavy (non-hydrogen) atoms. The van der Waals surface area contributed by atoms with Crippen molar-refractivity contribution in [3.8, 4) is 6.07 Å². The van der Waals surface area contributed by atoms with Gasteiger partial charge in [-0.05, 0) is 29.6 Å². The van der Waals surface area contributed by atoms with E-state index < -0.39 is 9.04 Å². The summed E-state index contributed by atoms with van der Waals surface area (Å²) in [6, 6.07) is 12.0. The average Bonchev–Trinajstić information content (AvgIpc) is 2.42. The second kappa shape index (κ2) is 5.99. The molecular formula is C14H18NOSi. The molecule has 0 aliphatic carbocycles. The molecule has 0 N–H and O–H groups in total. The van der Waals surface area contributed by atoms with Crippen molar-refractivity contribution in [1.29, 1.82) is 5.26 Å². The summed E-state index contributed by atoms with van der Waals surface area (Å²) < 4.78 is 5.94. The van der Waals surface area contributed by atoms with Crippen molar-refractivity contribution in [3.63, 3.8) is 0 Å². The molecule has 0 aromatic heterocycles. The standard InChI is InChI=1S/C14H18NOSi/c1-2-12(11-15)13-7-3-4-8-14(13)17-10-6-5-9-16-17/h3-4,7-8,12H,2,5-6,9-10H2,1H3. The molecule has 3 heteroatoms. The Hall–Kier alpha value is -1.11. The zero-order valence-corrected chi connectivity index (χ0v) is 11.3. The average molecular weight is 244 g/mol. The van der Waals surface area contributed by atoms with E-state index in [-0.39, 0.29) is 5.92 Å². The van der Waals surface area contributed by atoms with Gasteiger partial charge in [0.1, 0.15) is 0 Å². The highest BCUT2D eigenvalue weighted by Gasteiger charge is 2.24. The minimum absolute atomic E-state index is 0.0224. The van der Waals surface area contributed by atoms with Crippen LogP contribution in [0.2, 0.25) is 6.04 Å². The van der Waals surface area contributed by atoms with Crippen molar-refractivity contribution in [2.75, 3.05) is 6.61 Å². The Morgan fingerprint density at radius 2 is 2.24 bits per heavy atom. The minimum Gasteiger partial charge on any atom is -0.412 e. The Balaban J connectivity index is 2.29. The molecular weight excluding hydrogens is 226 g/mol. The van der Waals surface area contributed by atoms with E-state index in [1.807, 2.05) is 6.07 Å². The quantitative estimate of drug-likeness (QED) is 0.766. The molecule has 1 heterocycles. The fourth-order valence-corrected chi connectivity index (χ4v) is 4.70. The number of nitrogens with zero attached hydrogens (tertiary/aromatic N) is 1. The van der Waals surface area contributed by atoms with Gasteiger partial charge in [-0.1, -0.05) is 37.6 Å². The normalized spacial score (nSPS) is 18.6. The third-order valence-corrected chi connectivity index (χ3v) is 5.69. The maximum atomic E-state index is 9.22. The molecule has 1 aromatic carbocycles. The SMILES string of the molecule is CCC(C#N)c1ccccc1[Si]1CCCCO1. The summed E-state index contributed by atoms with van der Waals surface area (Å²) in [5.74, 6) is 0.0224. The summed E-state index contributed by atoms with van der Waals surface area (Å²) in [5.41, 5.74) is 1.20. The highest BCUT2D eigenvalue weighted by Crippen LogP contribution is 2.20. The van der Waals surface area contributed by atoms with Gasteiger partial charge in [-0.25, -0.2) is 0 Å². The number of hydrogen-bond acceptors (Lipinski definition) is 2. The van der Waals surface area contributed by atoms with Crippen molar-refractivity contribution in [1.82, 2.24) is 0 Å². The number of hydrogen-bond donors (Lipinski definition) is 0. The summed E-state index contributed by atoms with van der Waals surface area (Å²) in [5, 5.41) is 10.5. The molecule has 1 saturated heterocycles. The molecule has 1 aliphatic rings. The first-order chi connectivity index (χ1) is 8.36. The van der Waals surface area contributed by atoms with Crippen LogP contribution in [0.5, 0.6) is 0 Å². The summed E-state index contributed by atoms with van der Waals surface area (Å²) in [6.45, 7) is 2.97. The van der Waals surface area contributed by atoms with E-state index in [0.29, 0.717) is 0 Å². The Labute approximate surface area is 105 Å². The van der Waals surface area contributed by atoms with Crippen LogP contribution in [0.3, 0.4) is 0 Å². The van der Waals surface area contributed by atoms with Crippen LogP contribution in [0.1, 0.15) is 37.7 Å². The molecule has 89 valence electrons. The molecule has 1 atom stereocenters. The molecule has 1 radical (unpaired) electrons. The molecule has 1 aliphatic heterocycles. The van der Waals surface area contributed by atoms with Gasteiger partial charge in [0.2, 0.25) is 9.04 Å². The monoisotopic (exact) mass is 244 g/mol. The van der Waals surface area contributed by atoms with Gasteiger partial charge in [-0.2, -0.15) is 5.26 Å². The molecule has 2 nitrogen and oxygen atoms in total. The summed E-state index contributed by atoms with van der Waals surface area (Å²) in [7, 11) is -0.871. The predicted octanol–water partition coefficient (Wildman–Crippen LogP) is 2.71. The molecule has 0 spiro atoms. The van der Waals surface area contributed by atoms with Crippen molar-refractivity contribution >= 4 is 14.2 Å². The van der Waals surface area contributed by atoms with E-state index in [1.54, 1.807) is 0 Å². The van der Waals surface area contributed by atoms with E-state index in [1.165, 1.54) is 29.6 Å². The van der Waals surface area contributed by atoms with Crippen molar-refractivity contribution in [2.45, 2.75) is 38.1 Å². The number of rotatable bonds is 3. The Morgan fingerprint density at radius 3 is 2.88 bits per heavy atom. The largest absolute Gasteiger partial charge is 0.412 e. The molecule has 1 aromatic rings. The van der Waals surface area contributed by atoms with Gasteiger partial charge in [0.25, 0.3) is 0 Å². The predicted molar refractivity (Wildman–Crippen MR) is 70.5 cm³/mol. The molecule has 1 unspecified atom stereocenters. The van der Waals surface area contributed by atoms with Crippen LogP contribution in [0.4, 0.5) is 0 Å². The molecule has 1 fully saturated rings. The van der Waals surface area contributed by atoms with Crippen LogP contribution in [-0.4, -0.2) is 15.6 Å². The van der Waals surface area contributed by atoms with Crippen LogP contribution in [0, 0.1) is 11.3 Å². The maximum Gasteiger partial charge on any atom is 0.247 e. The van der Waals surface area contributed by atoms with Gasteiger partial charge in [-0.15, -0.1) is 0 Å². The van der Waals surface area contributed by atoms with Gasteiger partial charge in [-0.3, -0.25) is 0 Å². The van der Waals surface area contributed by atoms with Crippen LogP contribution >= 0.6 is 0 Å². The molecule has 0 bridgehead atoms. The van der Waals surface area contributed by atoms with Crippen LogP contribution in [0.25, 0.3) is 0 Å². The van der Waals surface area contributed by atoms with E-state index in [4.69, 9.17) is 4.43 Å². The second-order valence-corrected chi connectivity index (χ2v) is 6.58. The first-order valence-electron chi connectivity index (χ1n) is 6.34.